The Bertz CT molecular complexity index is 1320. The molecule has 216 valence electrons. The highest BCUT2D eigenvalue weighted by atomic mass is 19.4. The predicted octanol–water partition coefficient (Wildman–Crippen LogP) is 5.27. The minimum Gasteiger partial charge on any atom is -0.341 e. The van der Waals surface area contributed by atoms with Crippen molar-refractivity contribution in [3.8, 4) is 0 Å². The maximum atomic E-state index is 13.9. The van der Waals surface area contributed by atoms with Gasteiger partial charge in [-0.1, -0.05) is 72.8 Å². The molecule has 0 bridgehead atoms. The van der Waals surface area contributed by atoms with Crippen LogP contribution >= 0.6 is 0 Å². The summed E-state index contributed by atoms with van der Waals surface area (Å²) in [7, 11) is 0. The Hall–Kier alpha value is -4.18. The zero-order chi connectivity index (χ0) is 29.6. The molecule has 1 aliphatic heterocycles. The summed E-state index contributed by atoms with van der Waals surface area (Å²) in [5.41, 5.74) is 2.84. The number of nitrogens with zero attached hydrogens (tertiary/aromatic N) is 3. The first-order valence-electron chi connectivity index (χ1n) is 13.4. The van der Waals surface area contributed by atoms with E-state index in [1.807, 2.05) is 53.4 Å². The SMILES string of the molecule is C[C@@H]1CN(C(=O)N(Cc2ccc(C(=O)CNC(=O)C(F)(F)F)cc2)c2ccccc2)C[C@H](C)N1Cc1ccccc1. The Morgan fingerprint density at radius 2 is 1.39 bits per heavy atom. The van der Waals surface area contributed by atoms with E-state index in [2.05, 4.69) is 30.9 Å². The Morgan fingerprint density at radius 1 is 0.829 bits per heavy atom. The minimum atomic E-state index is -5.05. The normalized spacial score (nSPS) is 17.6. The Balaban J connectivity index is 1.45. The molecule has 0 spiro atoms. The van der Waals surface area contributed by atoms with Crippen LogP contribution < -0.4 is 10.2 Å². The van der Waals surface area contributed by atoms with E-state index in [0.717, 1.165) is 17.8 Å². The first-order chi connectivity index (χ1) is 19.5. The number of hydrogen-bond donors (Lipinski definition) is 1. The standard InChI is InChI=1S/C31H33F3N4O3/c1-22-18-36(19-23(2)37(22)20-24-9-5-3-6-10-24)30(41)38(27-11-7-4-8-12-27)21-25-13-15-26(16-14-25)28(39)17-35-29(40)31(32,33)34/h3-16,22-23H,17-21H2,1-2H3,(H,35,40)/t22-,23+. The van der Waals surface area contributed by atoms with Crippen LogP contribution in [0.15, 0.2) is 84.9 Å². The van der Waals surface area contributed by atoms with Gasteiger partial charge in [-0.15, -0.1) is 0 Å². The molecule has 1 heterocycles. The molecule has 7 nitrogen and oxygen atoms in total. The van der Waals surface area contributed by atoms with Crippen LogP contribution in [0.1, 0.15) is 35.3 Å². The molecule has 0 aliphatic carbocycles. The molecule has 10 heteroatoms. The molecular weight excluding hydrogens is 533 g/mol. The summed E-state index contributed by atoms with van der Waals surface area (Å²) in [5.74, 6) is -2.81. The fourth-order valence-corrected chi connectivity index (χ4v) is 5.01. The molecule has 2 atom stereocenters. The lowest BCUT2D eigenvalue weighted by atomic mass is 10.1. The molecule has 0 unspecified atom stereocenters. The van der Waals surface area contributed by atoms with Crippen LogP contribution in [0.2, 0.25) is 0 Å². The lowest BCUT2D eigenvalue weighted by Crippen LogP contribution is -2.59. The highest BCUT2D eigenvalue weighted by Crippen LogP contribution is 2.24. The highest BCUT2D eigenvalue weighted by molar-refractivity contribution is 6.00. The van der Waals surface area contributed by atoms with E-state index in [9.17, 15) is 27.6 Å². The molecule has 4 rings (SSSR count). The molecule has 1 fully saturated rings. The summed E-state index contributed by atoms with van der Waals surface area (Å²) in [6.45, 7) is 5.65. The maximum absolute atomic E-state index is 13.9. The number of Topliss-reactive ketones (excluding diaryl/α,β-unsaturated/α-hetero) is 1. The molecule has 1 saturated heterocycles. The monoisotopic (exact) mass is 566 g/mol. The first-order valence-corrected chi connectivity index (χ1v) is 13.4. The van der Waals surface area contributed by atoms with Crippen molar-refractivity contribution in [2.75, 3.05) is 24.5 Å². The van der Waals surface area contributed by atoms with Gasteiger partial charge < -0.3 is 10.2 Å². The first kappa shape index (κ1) is 29.8. The van der Waals surface area contributed by atoms with E-state index in [-0.39, 0.29) is 30.2 Å². The number of rotatable bonds is 8. The Morgan fingerprint density at radius 3 is 1.95 bits per heavy atom. The summed E-state index contributed by atoms with van der Waals surface area (Å²) in [5, 5.41) is 1.59. The molecule has 3 amide bonds. The van der Waals surface area contributed by atoms with Crippen molar-refractivity contribution in [2.45, 2.75) is 45.2 Å². The lowest BCUT2D eigenvalue weighted by Gasteiger charge is -2.45. The zero-order valence-electron chi connectivity index (χ0n) is 23.0. The third kappa shape index (κ3) is 7.73. The number of carbonyl (C=O) groups excluding carboxylic acids is 3. The fourth-order valence-electron chi connectivity index (χ4n) is 5.01. The summed E-state index contributed by atoms with van der Waals surface area (Å²) in [6, 6.07) is 26.0. The van der Waals surface area contributed by atoms with Crippen molar-refractivity contribution >= 4 is 23.4 Å². The number of benzene rings is 3. The molecular formula is C31H33F3N4O3. The number of halogens is 3. The largest absolute Gasteiger partial charge is 0.471 e. The highest BCUT2D eigenvalue weighted by Gasteiger charge is 2.38. The van der Waals surface area contributed by atoms with Gasteiger partial charge in [0, 0.05) is 43.0 Å². The average Bonchev–Trinajstić information content (AvgIpc) is 2.96. The van der Waals surface area contributed by atoms with Crippen molar-refractivity contribution in [1.82, 2.24) is 15.1 Å². The van der Waals surface area contributed by atoms with Crippen LogP contribution in [0.25, 0.3) is 0 Å². The van der Waals surface area contributed by atoms with Gasteiger partial charge in [-0.05, 0) is 37.1 Å². The average molecular weight is 567 g/mol. The van der Waals surface area contributed by atoms with Crippen molar-refractivity contribution in [1.29, 1.82) is 0 Å². The molecule has 3 aromatic carbocycles. The molecule has 41 heavy (non-hydrogen) atoms. The molecule has 1 N–H and O–H groups in total. The van der Waals surface area contributed by atoms with Crippen molar-refractivity contribution in [3.63, 3.8) is 0 Å². The number of urea groups is 1. The summed E-state index contributed by atoms with van der Waals surface area (Å²) < 4.78 is 37.2. The van der Waals surface area contributed by atoms with E-state index in [0.29, 0.717) is 13.1 Å². The summed E-state index contributed by atoms with van der Waals surface area (Å²) in [6.07, 6.45) is -5.05. The third-order valence-electron chi connectivity index (χ3n) is 7.16. The fraction of sp³-hybridized carbons (Fsp3) is 0.323. The Labute approximate surface area is 237 Å². The van der Waals surface area contributed by atoms with Gasteiger partial charge in [-0.2, -0.15) is 13.2 Å². The van der Waals surface area contributed by atoms with Crippen molar-refractivity contribution < 1.29 is 27.6 Å². The van der Waals surface area contributed by atoms with Gasteiger partial charge in [0.1, 0.15) is 0 Å². The van der Waals surface area contributed by atoms with E-state index < -0.39 is 24.4 Å². The van der Waals surface area contributed by atoms with Crippen LogP contribution in [0.5, 0.6) is 0 Å². The van der Waals surface area contributed by atoms with Crippen molar-refractivity contribution in [2.24, 2.45) is 0 Å². The number of alkyl halides is 3. The number of piperazine rings is 1. The van der Waals surface area contributed by atoms with Gasteiger partial charge in [-0.3, -0.25) is 19.4 Å². The number of carbonyl (C=O) groups is 3. The van der Waals surface area contributed by atoms with Crippen molar-refractivity contribution in [3.05, 3.63) is 102 Å². The van der Waals surface area contributed by atoms with Gasteiger partial charge in [0.25, 0.3) is 0 Å². The van der Waals surface area contributed by atoms with Gasteiger partial charge in [-0.25, -0.2) is 4.79 Å². The third-order valence-corrected chi connectivity index (χ3v) is 7.16. The topological polar surface area (TPSA) is 73.0 Å². The zero-order valence-corrected chi connectivity index (χ0v) is 23.0. The lowest BCUT2D eigenvalue weighted by molar-refractivity contribution is -0.173. The molecule has 1 aliphatic rings. The minimum absolute atomic E-state index is 0.135. The van der Waals surface area contributed by atoms with Crippen LogP contribution in [0.4, 0.5) is 23.7 Å². The molecule has 3 aromatic rings. The molecule has 0 saturated carbocycles. The number of ketones is 1. The van der Waals surface area contributed by atoms with Gasteiger partial charge in [0.2, 0.25) is 0 Å². The number of para-hydroxylation sites is 1. The maximum Gasteiger partial charge on any atom is 0.471 e. The van der Waals surface area contributed by atoms with Gasteiger partial charge >= 0.3 is 18.1 Å². The van der Waals surface area contributed by atoms with E-state index in [1.54, 1.807) is 22.3 Å². The number of anilines is 1. The number of hydrogen-bond acceptors (Lipinski definition) is 4. The molecule has 0 radical (unpaired) electrons. The Kier molecular flexibility index (Phi) is 9.44. The van der Waals surface area contributed by atoms with Gasteiger partial charge in [0.05, 0.1) is 13.1 Å². The van der Waals surface area contributed by atoms with E-state index in [1.165, 1.54) is 17.7 Å². The van der Waals surface area contributed by atoms with Gasteiger partial charge in [0.15, 0.2) is 5.78 Å². The smallest absolute Gasteiger partial charge is 0.341 e. The van der Waals surface area contributed by atoms with E-state index in [4.69, 9.17) is 0 Å². The van der Waals surface area contributed by atoms with Crippen LogP contribution in [0, 0.1) is 0 Å². The van der Waals surface area contributed by atoms with E-state index >= 15 is 0 Å². The summed E-state index contributed by atoms with van der Waals surface area (Å²) >= 11 is 0. The second kappa shape index (κ2) is 13.0. The summed E-state index contributed by atoms with van der Waals surface area (Å²) in [4.78, 5) is 43.2. The second-order valence-electron chi connectivity index (χ2n) is 10.3. The molecule has 0 aromatic heterocycles. The second-order valence-corrected chi connectivity index (χ2v) is 10.3. The number of amides is 3. The van der Waals surface area contributed by atoms with Crippen LogP contribution in [0.3, 0.4) is 0 Å². The van der Waals surface area contributed by atoms with Crippen LogP contribution in [-0.2, 0) is 17.9 Å². The quantitative estimate of drug-likeness (QED) is 0.377. The predicted molar refractivity (Wildman–Crippen MR) is 150 cm³/mol. The number of nitrogens with one attached hydrogen (secondary N) is 1. The van der Waals surface area contributed by atoms with Crippen LogP contribution in [-0.4, -0.2) is 65.4 Å².